The van der Waals surface area contributed by atoms with Crippen molar-refractivity contribution in [2.45, 2.75) is 32.7 Å². The second-order valence-corrected chi connectivity index (χ2v) is 6.24. The van der Waals surface area contributed by atoms with Crippen LogP contribution < -0.4 is 5.73 Å². The quantitative estimate of drug-likeness (QED) is 0.837. The first kappa shape index (κ1) is 16.3. The number of carbonyl (C=O) groups is 1. The Bertz CT molecular complexity index is 461. The number of halogens is 2. The molecule has 2 N–H and O–H groups in total. The smallest absolute Gasteiger partial charge is 0.306 e. The van der Waals surface area contributed by atoms with Crippen molar-refractivity contribution in [1.29, 1.82) is 0 Å². The first-order chi connectivity index (χ1) is 8.75. The molecule has 1 aromatic rings. The summed E-state index contributed by atoms with van der Waals surface area (Å²) >= 11 is 12.1. The van der Waals surface area contributed by atoms with Crippen molar-refractivity contribution in [1.82, 2.24) is 0 Å². The Labute approximate surface area is 124 Å². The summed E-state index contributed by atoms with van der Waals surface area (Å²) in [6, 6.07) is 4.94. The van der Waals surface area contributed by atoms with Crippen LogP contribution in [0, 0.1) is 5.41 Å². The van der Waals surface area contributed by atoms with Gasteiger partial charge in [0.2, 0.25) is 0 Å². The summed E-state index contributed by atoms with van der Waals surface area (Å²) in [5, 5.41) is 1.19. The number of carbonyl (C=O) groups excluding carboxylic acids is 1. The van der Waals surface area contributed by atoms with Crippen molar-refractivity contribution in [2.75, 3.05) is 7.11 Å². The predicted molar refractivity (Wildman–Crippen MR) is 78.4 cm³/mol. The summed E-state index contributed by atoms with van der Waals surface area (Å²) in [4.78, 5) is 11.4. The molecule has 1 unspecified atom stereocenters. The van der Waals surface area contributed by atoms with Gasteiger partial charge in [-0.25, -0.2) is 0 Å². The predicted octanol–water partition coefficient (Wildman–Crippen LogP) is 3.97. The zero-order valence-electron chi connectivity index (χ0n) is 11.4. The van der Waals surface area contributed by atoms with Crippen molar-refractivity contribution in [3.8, 4) is 0 Å². The van der Waals surface area contributed by atoms with Crippen LogP contribution in [0.1, 0.15) is 38.3 Å². The minimum atomic E-state index is -0.272. The summed E-state index contributed by atoms with van der Waals surface area (Å²) in [5.74, 6) is -0.241. The molecule has 1 aromatic carbocycles. The van der Waals surface area contributed by atoms with Gasteiger partial charge in [0.25, 0.3) is 0 Å². The van der Waals surface area contributed by atoms with Crippen molar-refractivity contribution in [3.05, 3.63) is 33.8 Å². The Hall–Kier alpha value is -0.770. The second kappa shape index (κ2) is 6.60. The number of nitrogens with two attached hydrogens (primary N) is 1. The van der Waals surface area contributed by atoms with Crippen LogP contribution in [0.4, 0.5) is 0 Å². The highest BCUT2D eigenvalue weighted by atomic mass is 35.5. The lowest BCUT2D eigenvalue weighted by atomic mass is 9.81. The summed E-state index contributed by atoms with van der Waals surface area (Å²) < 4.78 is 4.69. The lowest BCUT2D eigenvalue weighted by Crippen LogP contribution is -2.24. The molecule has 1 rings (SSSR count). The molecule has 0 aromatic heterocycles. The zero-order valence-corrected chi connectivity index (χ0v) is 12.9. The van der Waals surface area contributed by atoms with Crippen LogP contribution in [-0.4, -0.2) is 13.1 Å². The summed E-state index contributed by atoms with van der Waals surface area (Å²) in [5.41, 5.74) is 6.71. The molecule has 0 spiro atoms. The number of hydrogen-bond donors (Lipinski definition) is 1. The Morgan fingerprint density at radius 2 is 2.05 bits per heavy atom. The number of esters is 1. The van der Waals surface area contributed by atoms with E-state index in [9.17, 15) is 4.79 Å². The van der Waals surface area contributed by atoms with Crippen molar-refractivity contribution < 1.29 is 9.53 Å². The normalized spacial score (nSPS) is 13.2. The fourth-order valence-corrected chi connectivity index (χ4v) is 2.48. The van der Waals surface area contributed by atoms with Crippen LogP contribution in [0.15, 0.2) is 18.2 Å². The molecule has 0 saturated carbocycles. The van der Waals surface area contributed by atoms with E-state index in [0.717, 1.165) is 5.56 Å². The van der Waals surface area contributed by atoms with Gasteiger partial charge in [-0.2, -0.15) is 0 Å². The van der Waals surface area contributed by atoms with Crippen LogP contribution in [0.5, 0.6) is 0 Å². The van der Waals surface area contributed by atoms with E-state index >= 15 is 0 Å². The van der Waals surface area contributed by atoms with Crippen LogP contribution >= 0.6 is 23.2 Å². The molecule has 3 nitrogen and oxygen atoms in total. The first-order valence-corrected chi connectivity index (χ1v) is 6.78. The number of benzene rings is 1. The maximum atomic E-state index is 11.4. The Morgan fingerprint density at radius 3 is 2.63 bits per heavy atom. The van der Waals surface area contributed by atoms with E-state index in [1.54, 1.807) is 18.2 Å². The highest BCUT2D eigenvalue weighted by Gasteiger charge is 2.26. The van der Waals surface area contributed by atoms with Gasteiger partial charge in [-0.05, 0) is 35.6 Å². The average Bonchev–Trinajstić information content (AvgIpc) is 2.30. The molecule has 0 aliphatic carbocycles. The molecule has 0 radical (unpaired) electrons. The largest absolute Gasteiger partial charge is 0.469 e. The topological polar surface area (TPSA) is 52.3 Å². The van der Waals surface area contributed by atoms with Gasteiger partial charge in [0, 0.05) is 16.1 Å². The van der Waals surface area contributed by atoms with E-state index in [2.05, 4.69) is 4.74 Å². The monoisotopic (exact) mass is 303 g/mol. The van der Waals surface area contributed by atoms with Gasteiger partial charge >= 0.3 is 5.97 Å². The molecule has 0 fully saturated rings. The average molecular weight is 304 g/mol. The molecule has 0 amide bonds. The van der Waals surface area contributed by atoms with Gasteiger partial charge < -0.3 is 10.5 Å². The number of methoxy groups -OCH3 is 1. The molecule has 19 heavy (non-hydrogen) atoms. The summed E-state index contributed by atoms with van der Waals surface area (Å²) in [6.07, 6.45) is 0.928. The van der Waals surface area contributed by atoms with Crippen molar-refractivity contribution in [2.24, 2.45) is 11.1 Å². The van der Waals surface area contributed by atoms with E-state index < -0.39 is 0 Å². The van der Waals surface area contributed by atoms with E-state index in [-0.39, 0.29) is 17.4 Å². The standard InChI is InChI=1S/C14H19Cl2NO2/c1-14(2,8-13(18)19-3)7-12(17)10-6-9(15)4-5-11(10)16/h4-6,12H,7-8,17H2,1-3H3. The van der Waals surface area contributed by atoms with Crippen LogP contribution in [0.3, 0.4) is 0 Å². The number of rotatable bonds is 5. The van der Waals surface area contributed by atoms with Gasteiger partial charge in [0.15, 0.2) is 0 Å². The molecule has 0 heterocycles. The van der Waals surface area contributed by atoms with E-state index in [1.807, 2.05) is 13.8 Å². The Kier molecular flexibility index (Phi) is 5.65. The Morgan fingerprint density at radius 1 is 1.42 bits per heavy atom. The fraction of sp³-hybridized carbons (Fsp3) is 0.500. The summed E-state index contributed by atoms with van der Waals surface area (Å²) in [6.45, 7) is 3.95. The molecular formula is C14H19Cl2NO2. The third-order valence-corrected chi connectivity index (χ3v) is 3.56. The lowest BCUT2D eigenvalue weighted by molar-refractivity contribution is -0.143. The van der Waals surface area contributed by atoms with E-state index in [1.165, 1.54) is 7.11 Å². The van der Waals surface area contributed by atoms with Gasteiger partial charge in [-0.15, -0.1) is 0 Å². The molecule has 1 atom stereocenters. The van der Waals surface area contributed by atoms with Gasteiger partial charge in [0.05, 0.1) is 13.5 Å². The third kappa shape index (κ3) is 5.01. The van der Waals surface area contributed by atoms with Crippen LogP contribution in [0.25, 0.3) is 0 Å². The molecule has 0 bridgehead atoms. The molecular weight excluding hydrogens is 285 g/mol. The van der Waals surface area contributed by atoms with E-state index in [0.29, 0.717) is 22.9 Å². The lowest BCUT2D eigenvalue weighted by Gasteiger charge is -2.27. The fourth-order valence-electron chi connectivity index (χ4n) is 2.04. The van der Waals surface area contributed by atoms with Gasteiger partial charge in [-0.3, -0.25) is 4.79 Å². The zero-order chi connectivity index (χ0) is 14.6. The Balaban J connectivity index is 2.81. The van der Waals surface area contributed by atoms with Crippen LogP contribution in [0.2, 0.25) is 10.0 Å². The van der Waals surface area contributed by atoms with Gasteiger partial charge in [-0.1, -0.05) is 37.0 Å². The SMILES string of the molecule is COC(=O)CC(C)(C)CC(N)c1cc(Cl)ccc1Cl. The highest BCUT2D eigenvalue weighted by Crippen LogP contribution is 2.35. The van der Waals surface area contributed by atoms with Crippen molar-refractivity contribution >= 4 is 29.2 Å². The summed E-state index contributed by atoms with van der Waals surface area (Å²) in [7, 11) is 1.38. The molecule has 0 aliphatic heterocycles. The second-order valence-electron chi connectivity index (χ2n) is 5.39. The molecule has 106 valence electrons. The minimum absolute atomic E-state index is 0.241. The number of ether oxygens (including phenoxy) is 1. The van der Waals surface area contributed by atoms with E-state index in [4.69, 9.17) is 28.9 Å². The molecule has 0 saturated heterocycles. The molecule has 0 aliphatic rings. The van der Waals surface area contributed by atoms with Gasteiger partial charge in [0.1, 0.15) is 0 Å². The maximum Gasteiger partial charge on any atom is 0.306 e. The molecule has 5 heteroatoms. The van der Waals surface area contributed by atoms with Crippen LogP contribution in [-0.2, 0) is 9.53 Å². The highest BCUT2D eigenvalue weighted by molar-refractivity contribution is 6.33. The van der Waals surface area contributed by atoms with Crippen molar-refractivity contribution in [3.63, 3.8) is 0 Å². The minimum Gasteiger partial charge on any atom is -0.469 e. The maximum absolute atomic E-state index is 11.4. The number of hydrogen-bond acceptors (Lipinski definition) is 3. The first-order valence-electron chi connectivity index (χ1n) is 6.02. The third-order valence-electron chi connectivity index (χ3n) is 2.98.